The summed E-state index contributed by atoms with van der Waals surface area (Å²) in [4.78, 5) is 2.48. The number of hydrogen-bond donors (Lipinski definition) is 2. The van der Waals surface area contributed by atoms with Crippen molar-refractivity contribution in [3.8, 4) is 11.5 Å². The zero-order chi connectivity index (χ0) is 23.1. The van der Waals surface area contributed by atoms with Gasteiger partial charge in [0, 0.05) is 9.75 Å². The van der Waals surface area contributed by atoms with Crippen LogP contribution in [-0.2, 0) is 0 Å². The lowest BCUT2D eigenvalue weighted by atomic mass is 10.1. The topological polar surface area (TPSA) is 40.5 Å². The molecule has 2 heterocycles. The second-order valence-electron chi connectivity index (χ2n) is 7.70. The third-order valence-corrected chi connectivity index (χ3v) is 6.67. The highest BCUT2D eigenvalue weighted by molar-refractivity contribution is 7.11. The van der Waals surface area contributed by atoms with Crippen molar-refractivity contribution in [2.45, 2.75) is 27.7 Å². The molecule has 0 aliphatic carbocycles. The van der Waals surface area contributed by atoms with Crippen LogP contribution >= 0.6 is 22.7 Å². The molecule has 0 aliphatic heterocycles. The van der Waals surface area contributed by atoms with Crippen molar-refractivity contribution in [1.29, 1.82) is 0 Å². The Morgan fingerprint density at radius 2 is 0.906 bits per heavy atom. The molecule has 4 aromatic rings. The molecule has 0 aliphatic rings. The van der Waals surface area contributed by atoms with Crippen LogP contribution in [0.5, 0.6) is 11.5 Å². The summed E-state index contributed by atoms with van der Waals surface area (Å²) in [7, 11) is 0. The second-order valence-corrected chi connectivity index (χ2v) is 9.66. The molecule has 0 fully saturated rings. The number of benzene rings is 2. The fraction of sp³-hybridized carbons (Fsp3) is 0.143. The first-order valence-electron chi connectivity index (χ1n) is 10.4. The molecule has 0 atom stereocenters. The summed E-state index contributed by atoms with van der Waals surface area (Å²) in [5.74, 6) is 0.793. The zero-order valence-corrected chi connectivity index (χ0v) is 20.4. The van der Waals surface area contributed by atoms with Gasteiger partial charge in [0.2, 0.25) is 0 Å². The van der Waals surface area contributed by atoms with E-state index in [9.17, 15) is 10.2 Å². The van der Waals surface area contributed by atoms with Gasteiger partial charge in [0.1, 0.15) is 11.5 Å². The van der Waals surface area contributed by atoms with Gasteiger partial charge < -0.3 is 10.2 Å². The average Bonchev–Trinajstić information content (AvgIpc) is 3.47. The maximum absolute atomic E-state index is 9.66. The van der Waals surface area contributed by atoms with E-state index in [1.165, 1.54) is 9.75 Å². The quantitative estimate of drug-likeness (QED) is 0.320. The van der Waals surface area contributed by atoms with Gasteiger partial charge in [-0.3, -0.25) is 0 Å². The number of hydrogen-bond acceptors (Lipinski definition) is 4. The zero-order valence-electron chi connectivity index (χ0n) is 18.8. The number of phenolic OH excluding ortho intramolecular Hbond substituents is 2. The average molecular weight is 461 g/mol. The first-order chi connectivity index (χ1) is 15.3. The molecule has 0 saturated heterocycles. The minimum atomic E-state index is 0.397. The molecular formula is C28H28O2S2. The Kier molecular flexibility index (Phi) is 8.09. The first-order valence-corrected chi connectivity index (χ1v) is 12.1. The van der Waals surface area contributed by atoms with Crippen molar-refractivity contribution in [3.05, 3.63) is 102 Å². The van der Waals surface area contributed by atoms with Crippen molar-refractivity contribution in [1.82, 2.24) is 0 Å². The molecule has 0 saturated carbocycles. The van der Waals surface area contributed by atoms with Crippen LogP contribution < -0.4 is 0 Å². The molecule has 2 aromatic carbocycles. The van der Waals surface area contributed by atoms with Crippen molar-refractivity contribution >= 4 is 47.0 Å². The van der Waals surface area contributed by atoms with Gasteiger partial charge in [0.05, 0.1) is 0 Å². The van der Waals surface area contributed by atoms with Crippen LogP contribution in [0.2, 0.25) is 0 Å². The predicted molar refractivity (Wildman–Crippen MR) is 142 cm³/mol. The van der Waals surface area contributed by atoms with Gasteiger partial charge in [-0.05, 0) is 120 Å². The maximum atomic E-state index is 9.66. The summed E-state index contributed by atoms with van der Waals surface area (Å²) in [5.41, 5.74) is 5.94. The van der Waals surface area contributed by atoms with Crippen molar-refractivity contribution < 1.29 is 10.2 Å². The molecule has 4 heteroatoms. The number of aromatic hydroxyl groups is 2. The minimum absolute atomic E-state index is 0.397. The minimum Gasteiger partial charge on any atom is -0.507 e. The van der Waals surface area contributed by atoms with E-state index in [0.29, 0.717) is 11.5 Å². The number of aryl methyl sites for hydroxylation is 4. The van der Waals surface area contributed by atoms with Crippen LogP contribution in [0.15, 0.2) is 59.3 Å². The van der Waals surface area contributed by atoms with Gasteiger partial charge in [-0.25, -0.2) is 0 Å². The monoisotopic (exact) mass is 460 g/mol. The lowest BCUT2D eigenvalue weighted by molar-refractivity contribution is 0.466. The predicted octanol–water partition coefficient (Wildman–Crippen LogP) is 8.48. The van der Waals surface area contributed by atoms with Crippen LogP contribution in [0.1, 0.15) is 43.1 Å². The standard InChI is InChI=1S/2C14H14OS/c2*1-10-8-12(9-11(2)14(10)15)5-6-13-4-3-7-16-13/h2*3-9,15H,1-2H3. The van der Waals surface area contributed by atoms with E-state index in [4.69, 9.17) is 0 Å². The number of phenols is 2. The summed E-state index contributed by atoms with van der Waals surface area (Å²) in [6.07, 6.45) is 8.34. The van der Waals surface area contributed by atoms with E-state index in [0.717, 1.165) is 33.4 Å². The third-order valence-electron chi connectivity index (χ3n) is 4.99. The smallest absolute Gasteiger partial charge is 0.121 e. The van der Waals surface area contributed by atoms with Crippen LogP contribution in [0, 0.1) is 27.7 Å². The Morgan fingerprint density at radius 3 is 1.19 bits per heavy atom. The van der Waals surface area contributed by atoms with Crippen molar-refractivity contribution in [3.63, 3.8) is 0 Å². The van der Waals surface area contributed by atoms with Crippen LogP contribution in [0.3, 0.4) is 0 Å². The fourth-order valence-electron chi connectivity index (χ4n) is 3.30. The van der Waals surface area contributed by atoms with Gasteiger partial charge in [-0.15, -0.1) is 22.7 Å². The van der Waals surface area contributed by atoms with Crippen LogP contribution in [0.25, 0.3) is 24.3 Å². The van der Waals surface area contributed by atoms with Crippen molar-refractivity contribution in [2.75, 3.05) is 0 Å². The summed E-state index contributed by atoms with van der Waals surface area (Å²) < 4.78 is 0. The number of rotatable bonds is 4. The maximum Gasteiger partial charge on any atom is 0.121 e. The molecule has 4 rings (SSSR count). The largest absolute Gasteiger partial charge is 0.507 e. The Labute approximate surface area is 198 Å². The molecule has 32 heavy (non-hydrogen) atoms. The molecule has 2 aromatic heterocycles. The highest BCUT2D eigenvalue weighted by atomic mass is 32.1. The summed E-state index contributed by atoms with van der Waals surface area (Å²) in [6, 6.07) is 16.2. The molecule has 0 amide bonds. The first kappa shape index (κ1) is 23.6. The third kappa shape index (κ3) is 6.46. The Balaban J connectivity index is 0.000000181. The van der Waals surface area contributed by atoms with Gasteiger partial charge in [-0.1, -0.05) is 24.3 Å². The van der Waals surface area contributed by atoms with E-state index >= 15 is 0 Å². The fourth-order valence-corrected chi connectivity index (χ4v) is 4.54. The lowest BCUT2D eigenvalue weighted by Gasteiger charge is -2.04. The van der Waals surface area contributed by atoms with Gasteiger partial charge in [0.25, 0.3) is 0 Å². The van der Waals surface area contributed by atoms with Gasteiger partial charge in [-0.2, -0.15) is 0 Å². The Morgan fingerprint density at radius 1 is 0.562 bits per heavy atom. The molecular weight excluding hydrogens is 432 g/mol. The van der Waals surface area contributed by atoms with E-state index in [1.54, 1.807) is 22.7 Å². The van der Waals surface area contributed by atoms with Crippen LogP contribution in [-0.4, -0.2) is 10.2 Å². The highest BCUT2D eigenvalue weighted by Gasteiger charge is 2.02. The van der Waals surface area contributed by atoms with Gasteiger partial charge in [0.15, 0.2) is 0 Å². The highest BCUT2D eigenvalue weighted by Crippen LogP contribution is 2.25. The lowest BCUT2D eigenvalue weighted by Crippen LogP contribution is -1.82. The van der Waals surface area contributed by atoms with Crippen LogP contribution in [0.4, 0.5) is 0 Å². The molecule has 2 nitrogen and oxygen atoms in total. The molecule has 0 spiro atoms. The van der Waals surface area contributed by atoms with Gasteiger partial charge >= 0.3 is 0 Å². The molecule has 0 unspecified atom stereocenters. The van der Waals surface area contributed by atoms with E-state index in [2.05, 4.69) is 47.2 Å². The van der Waals surface area contributed by atoms with Crippen molar-refractivity contribution in [2.24, 2.45) is 0 Å². The summed E-state index contributed by atoms with van der Waals surface area (Å²) in [5, 5.41) is 23.4. The summed E-state index contributed by atoms with van der Waals surface area (Å²) >= 11 is 3.44. The Hall–Kier alpha value is -3.08. The number of thiophene rings is 2. The Bertz CT molecular complexity index is 1070. The molecule has 2 N–H and O–H groups in total. The van der Waals surface area contributed by atoms with E-state index < -0.39 is 0 Å². The summed E-state index contributed by atoms with van der Waals surface area (Å²) in [6.45, 7) is 7.69. The van der Waals surface area contributed by atoms with E-state index in [1.807, 2.05) is 64.1 Å². The second kappa shape index (κ2) is 11.0. The normalized spacial score (nSPS) is 11.1. The molecule has 164 valence electrons. The molecule has 0 bridgehead atoms. The molecule has 0 radical (unpaired) electrons. The van der Waals surface area contributed by atoms with E-state index in [-0.39, 0.29) is 0 Å². The SMILES string of the molecule is Cc1cc(C=Cc2cccs2)cc(C)c1O.Cc1cc(C=Cc2cccs2)cc(C)c1O.